The SMILES string of the molecule is CN(C(=O)c1ccccc1)[C@@H]1CCN(C(=O)OC(C)(C)C)C[C@H]1c1ccc(Cl)c(Cl)c1. The molecular formula is C24H28Cl2N2O3. The molecule has 0 saturated carbocycles. The van der Waals surface area contributed by atoms with Crippen molar-refractivity contribution in [3.8, 4) is 0 Å². The second-order valence-electron chi connectivity index (χ2n) is 8.84. The maximum Gasteiger partial charge on any atom is 0.410 e. The number of hydrogen-bond donors (Lipinski definition) is 0. The molecule has 0 unspecified atom stereocenters. The fraction of sp³-hybridized carbons (Fsp3) is 0.417. The number of halogens is 2. The molecule has 2 aromatic rings. The van der Waals surface area contributed by atoms with Crippen molar-refractivity contribution in [1.29, 1.82) is 0 Å². The van der Waals surface area contributed by atoms with Gasteiger partial charge in [-0.05, 0) is 57.0 Å². The van der Waals surface area contributed by atoms with Crippen LogP contribution in [-0.2, 0) is 4.74 Å². The van der Waals surface area contributed by atoms with Crippen LogP contribution in [0.4, 0.5) is 4.79 Å². The van der Waals surface area contributed by atoms with Crippen molar-refractivity contribution in [2.24, 2.45) is 0 Å². The summed E-state index contributed by atoms with van der Waals surface area (Å²) in [6.45, 7) is 6.47. The van der Waals surface area contributed by atoms with Gasteiger partial charge in [0.1, 0.15) is 5.60 Å². The summed E-state index contributed by atoms with van der Waals surface area (Å²) < 4.78 is 5.58. The molecule has 1 aliphatic heterocycles. The number of ether oxygens (including phenoxy) is 1. The second kappa shape index (κ2) is 9.49. The summed E-state index contributed by atoms with van der Waals surface area (Å²) in [7, 11) is 1.81. The van der Waals surface area contributed by atoms with E-state index in [1.807, 2.05) is 70.3 Å². The Bertz CT molecular complexity index is 944. The standard InChI is InChI=1S/C24H28Cl2N2O3/c1-24(2,3)31-23(30)28-13-12-21(27(4)22(29)16-8-6-5-7-9-16)18(15-28)17-10-11-19(25)20(26)14-17/h5-11,14,18,21H,12-13,15H2,1-4H3/t18-,21+/m0/s1. The molecule has 0 spiro atoms. The summed E-state index contributed by atoms with van der Waals surface area (Å²) in [5.41, 5.74) is 0.986. The third-order valence-electron chi connectivity index (χ3n) is 5.44. The van der Waals surface area contributed by atoms with E-state index in [0.29, 0.717) is 35.1 Å². The van der Waals surface area contributed by atoms with Gasteiger partial charge >= 0.3 is 6.09 Å². The number of nitrogens with zero attached hydrogens (tertiary/aromatic N) is 2. The summed E-state index contributed by atoms with van der Waals surface area (Å²) >= 11 is 12.4. The van der Waals surface area contributed by atoms with E-state index in [1.54, 1.807) is 15.9 Å². The fourth-order valence-corrected chi connectivity index (χ4v) is 4.21. The van der Waals surface area contributed by atoms with Crippen LogP contribution >= 0.6 is 23.2 Å². The Kier molecular flexibility index (Phi) is 7.17. The minimum atomic E-state index is -0.576. The molecule has 166 valence electrons. The van der Waals surface area contributed by atoms with Crippen LogP contribution in [0.2, 0.25) is 10.0 Å². The zero-order valence-electron chi connectivity index (χ0n) is 18.3. The van der Waals surface area contributed by atoms with Gasteiger partial charge in [-0.15, -0.1) is 0 Å². The van der Waals surface area contributed by atoms with Crippen LogP contribution in [0, 0.1) is 0 Å². The van der Waals surface area contributed by atoms with Crippen molar-refractivity contribution in [1.82, 2.24) is 9.80 Å². The summed E-state index contributed by atoms with van der Waals surface area (Å²) in [6.07, 6.45) is 0.271. The molecule has 0 aromatic heterocycles. The second-order valence-corrected chi connectivity index (χ2v) is 9.66. The van der Waals surface area contributed by atoms with E-state index in [9.17, 15) is 9.59 Å². The van der Waals surface area contributed by atoms with Crippen LogP contribution in [-0.4, -0.2) is 53.6 Å². The number of carbonyl (C=O) groups is 2. The quantitative estimate of drug-likeness (QED) is 0.573. The minimum absolute atomic E-state index is 0.0543. The molecule has 0 aliphatic carbocycles. The Morgan fingerprint density at radius 2 is 1.74 bits per heavy atom. The third kappa shape index (κ3) is 5.72. The van der Waals surface area contributed by atoms with Crippen LogP contribution in [0.5, 0.6) is 0 Å². The summed E-state index contributed by atoms with van der Waals surface area (Å²) in [4.78, 5) is 29.3. The normalized spacial score (nSPS) is 19.1. The van der Waals surface area contributed by atoms with Gasteiger partial charge in [-0.2, -0.15) is 0 Å². The highest BCUT2D eigenvalue weighted by Gasteiger charge is 2.38. The molecule has 0 bridgehead atoms. The van der Waals surface area contributed by atoms with Crippen molar-refractivity contribution >= 4 is 35.2 Å². The van der Waals surface area contributed by atoms with E-state index in [2.05, 4.69) is 0 Å². The molecule has 2 amide bonds. The van der Waals surface area contributed by atoms with Gasteiger partial charge in [-0.25, -0.2) is 4.79 Å². The highest BCUT2D eigenvalue weighted by atomic mass is 35.5. The predicted octanol–water partition coefficient (Wildman–Crippen LogP) is 5.86. The van der Waals surface area contributed by atoms with Gasteiger partial charge in [0.15, 0.2) is 0 Å². The molecule has 1 fully saturated rings. The van der Waals surface area contributed by atoms with Crippen LogP contribution < -0.4 is 0 Å². The monoisotopic (exact) mass is 462 g/mol. The maximum absolute atomic E-state index is 13.1. The predicted molar refractivity (Wildman–Crippen MR) is 124 cm³/mol. The van der Waals surface area contributed by atoms with Gasteiger partial charge < -0.3 is 14.5 Å². The number of carbonyl (C=O) groups excluding carboxylic acids is 2. The first-order chi connectivity index (χ1) is 14.6. The maximum atomic E-state index is 13.1. The van der Waals surface area contributed by atoms with Gasteiger partial charge in [-0.1, -0.05) is 47.5 Å². The smallest absolute Gasteiger partial charge is 0.410 e. The zero-order chi connectivity index (χ0) is 22.8. The van der Waals surface area contributed by atoms with Crippen LogP contribution in [0.1, 0.15) is 49.0 Å². The lowest BCUT2D eigenvalue weighted by Crippen LogP contribution is -2.52. The van der Waals surface area contributed by atoms with Crippen molar-refractivity contribution < 1.29 is 14.3 Å². The highest BCUT2D eigenvalue weighted by molar-refractivity contribution is 6.42. The molecular weight excluding hydrogens is 435 g/mol. The number of amides is 2. The van der Waals surface area contributed by atoms with Crippen molar-refractivity contribution in [3.63, 3.8) is 0 Å². The molecule has 3 rings (SSSR count). The molecule has 1 heterocycles. The Labute approximate surface area is 193 Å². The molecule has 31 heavy (non-hydrogen) atoms. The van der Waals surface area contributed by atoms with E-state index < -0.39 is 5.60 Å². The Hall–Kier alpha value is -2.24. The molecule has 2 aromatic carbocycles. The lowest BCUT2D eigenvalue weighted by atomic mass is 9.85. The van der Waals surface area contributed by atoms with Gasteiger partial charge in [0.2, 0.25) is 0 Å². The fourth-order valence-electron chi connectivity index (χ4n) is 3.90. The van der Waals surface area contributed by atoms with Gasteiger partial charge in [0, 0.05) is 37.7 Å². The molecule has 2 atom stereocenters. The van der Waals surface area contributed by atoms with E-state index in [-0.39, 0.29) is 24.0 Å². The Morgan fingerprint density at radius 3 is 2.35 bits per heavy atom. The molecule has 1 saturated heterocycles. The first kappa shape index (κ1) is 23.4. The number of benzene rings is 2. The topological polar surface area (TPSA) is 49.9 Å². The number of likely N-dealkylation sites (tertiary alicyclic amines) is 1. The number of piperidine rings is 1. The highest BCUT2D eigenvalue weighted by Crippen LogP contribution is 2.35. The zero-order valence-corrected chi connectivity index (χ0v) is 19.8. The van der Waals surface area contributed by atoms with E-state index in [4.69, 9.17) is 27.9 Å². The Balaban J connectivity index is 1.89. The molecule has 0 radical (unpaired) electrons. The van der Waals surface area contributed by atoms with E-state index >= 15 is 0 Å². The molecule has 5 nitrogen and oxygen atoms in total. The van der Waals surface area contributed by atoms with Crippen molar-refractivity contribution in [2.75, 3.05) is 20.1 Å². The van der Waals surface area contributed by atoms with Crippen molar-refractivity contribution in [2.45, 2.75) is 44.8 Å². The van der Waals surface area contributed by atoms with Crippen LogP contribution in [0.3, 0.4) is 0 Å². The average molecular weight is 463 g/mol. The van der Waals surface area contributed by atoms with E-state index in [0.717, 1.165) is 5.56 Å². The average Bonchev–Trinajstić information content (AvgIpc) is 2.73. The van der Waals surface area contributed by atoms with Gasteiger partial charge in [0.25, 0.3) is 5.91 Å². The summed E-state index contributed by atoms with van der Waals surface area (Å²) in [6, 6.07) is 14.6. The summed E-state index contributed by atoms with van der Waals surface area (Å²) in [5, 5.41) is 0.917. The molecule has 0 N–H and O–H groups in total. The van der Waals surface area contributed by atoms with Crippen LogP contribution in [0.25, 0.3) is 0 Å². The van der Waals surface area contributed by atoms with Crippen LogP contribution in [0.15, 0.2) is 48.5 Å². The largest absolute Gasteiger partial charge is 0.444 e. The first-order valence-electron chi connectivity index (χ1n) is 10.3. The lowest BCUT2D eigenvalue weighted by molar-refractivity contribution is 0.0124. The first-order valence-corrected chi connectivity index (χ1v) is 11.1. The van der Waals surface area contributed by atoms with Gasteiger partial charge in [0.05, 0.1) is 10.0 Å². The lowest BCUT2D eigenvalue weighted by Gasteiger charge is -2.43. The van der Waals surface area contributed by atoms with Crippen molar-refractivity contribution in [3.05, 3.63) is 69.7 Å². The molecule has 1 aliphatic rings. The number of likely N-dealkylation sites (N-methyl/N-ethyl adjacent to an activating group) is 1. The summed E-state index contributed by atoms with van der Waals surface area (Å²) in [5.74, 6) is -0.185. The molecule has 7 heteroatoms. The minimum Gasteiger partial charge on any atom is -0.444 e. The third-order valence-corrected chi connectivity index (χ3v) is 6.18. The number of hydrogen-bond acceptors (Lipinski definition) is 3. The van der Waals surface area contributed by atoms with E-state index in [1.165, 1.54) is 0 Å². The van der Waals surface area contributed by atoms with Gasteiger partial charge in [-0.3, -0.25) is 4.79 Å². The Morgan fingerprint density at radius 1 is 1.06 bits per heavy atom. The number of rotatable bonds is 3.